The number of nitrogens with one attached hydrogen (secondary N) is 1. The minimum absolute atomic E-state index is 0.197. The predicted molar refractivity (Wildman–Crippen MR) is 78.2 cm³/mol. The van der Waals surface area contributed by atoms with E-state index in [1.807, 2.05) is 12.1 Å². The van der Waals surface area contributed by atoms with Crippen LogP contribution in [-0.2, 0) is 0 Å². The maximum atomic E-state index is 5.36. The molecule has 5 nitrogen and oxygen atoms in total. The first-order valence-corrected chi connectivity index (χ1v) is 7.89. The molecule has 1 aliphatic rings. The molecule has 102 valence electrons. The zero-order valence-electron chi connectivity index (χ0n) is 10.6. The molecule has 7 heteroatoms. The summed E-state index contributed by atoms with van der Waals surface area (Å²) in [6, 6.07) is 4.17. The fraction of sp³-hybridized carbons (Fsp3) is 0.500. The van der Waals surface area contributed by atoms with E-state index in [2.05, 4.69) is 43.2 Å². The first-order valence-electron chi connectivity index (χ1n) is 6.28. The Balaban J connectivity index is 1.76. The van der Waals surface area contributed by atoms with Crippen molar-refractivity contribution in [3.63, 3.8) is 0 Å². The van der Waals surface area contributed by atoms with Crippen molar-refractivity contribution in [2.75, 3.05) is 26.2 Å². The average molecular weight is 343 g/mol. The Bertz CT molecular complexity index is 549. The third-order valence-corrected chi connectivity index (χ3v) is 4.91. The normalized spacial score (nSPS) is 18.6. The number of piperazine rings is 1. The van der Waals surface area contributed by atoms with Crippen molar-refractivity contribution in [1.29, 1.82) is 0 Å². The highest BCUT2D eigenvalue weighted by Gasteiger charge is 2.23. The summed E-state index contributed by atoms with van der Waals surface area (Å²) in [6.45, 7) is 6.22. The fourth-order valence-electron chi connectivity index (χ4n) is 2.17. The maximum absolute atomic E-state index is 5.36. The fourth-order valence-corrected chi connectivity index (χ4v) is 3.47. The van der Waals surface area contributed by atoms with E-state index in [9.17, 15) is 0 Å². The highest BCUT2D eigenvalue weighted by Crippen LogP contribution is 2.31. The summed E-state index contributed by atoms with van der Waals surface area (Å²) in [7, 11) is 0. The summed E-state index contributed by atoms with van der Waals surface area (Å²) in [5.74, 6) is 1.37. The molecular weight excluding hydrogens is 328 g/mol. The molecule has 1 unspecified atom stereocenters. The molecule has 1 N–H and O–H groups in total. The average Bonchev–Trinajstić information content (AvgIpc) is 3.07. The second kappa shape index (κ2) is 5.70. The van der Waals surface area contributed by atoms with Gasteiger partial charge in [-0.2, -0.15) is 4.98 Å². The van der Waals surface area contributed by atoms with Crippen LogP contribution in [0.2, 0.25) is 0 Å². The van der Waals surface area contributed by atoms with Gasteiger partial charge in [-0.05, 0) is 35.0 Å². The Morgan fingerprint density at radius 3 is 2.89 bits per heavy atom. The van der Waals surface area contributed by atoms with E-state index in [1.165, 1.54) is 0 Å². The van der Waals surface area contributed by atoms with E-state index in [-0.39, 0.29) is 6.04 Å². The molecule has 3 rings (SSSR count). The minimum atomic E-state index is 0.197. The van der Waals surface area contributed by atoms with Gasteiger partial charge < -0.3 is 9.84 Å². The molecule has 0 aromatic carbocycles. The lowest BCUT2D eigenvalue weighted by Gasteiger charge is -2.30. The number of hydrogen-bond donors (Lipinski definition) is 1. The molecule has 0 aliphatic carbocycles. The SMILES string of the molecule is CC(c1noc(-c2ccc(Br)s2)n1)N1CCNCC1. The van der Waals surface area contributed by atoms with Crippen LogP contribution < -0.4 is 5.32 Å². The topological polar surface area (TPSA) is 54.2 Å². The summed E-state index contributed by atoms with van der Waals surface area (Å²) in [4.78, 5) is 7.89. The number of rotatable bonds is 3. The molecule has 1 atom stereocenters. The van der Waals surface area contributed by atoms with Gasteiger partial charge in [0.2, 0.25) is 0 Å². The highest BCUT2D eigenvalue weighted by atomic mass is 79.9. The van der Waals surface area contributed by atoms with E-state index < -0.39 is 0 Å². The van der Waals surface area contributed by atoms with Crippen molar-refractivity contribution in [3.8, 4) is 10.8 Å². The van der Waals surface area contributed by atoms with Gasteiger partial charge in [0.25, 0.3) is 5.89 Å². The molecule has 0 bridgehead atoms. The van der Waals surface area contributed by atoms with E-state index in [0.29, 0.717) is 5.89 Å². The number of thiophene rings is 1. The molecule has 3 heterocycles. The van der Waals surface area contributed by atoms with Gasteiger partial charge in [0.15, 0.2) is 5.82 Å². The first-order chi connectivity index (χ1) is 9.24. The number of halogens is 1. The Hall–Kier alpha value is -0.760. The van der Waals surface area contributed by atoms with Crippen LogP contribution in [0, 0.1) is 0 Å². The lowest BCUT2D eigenvalue weighted by molar-refractivity contribution is 0.176. The van der Waals surface area contributed by atoms with Gasteiger partial charge in [-0.15, -0.1) is 11.3 Å². The van der Waals surface area contributed by atoms with Crippen LogP contribution in [0.3, 0.4) is 0 Å². The summed E-state index contributed by atoms with van der Waals surface area (Å²) in [5, 5.41) is 7.47. The van der Waals surface area contributed by atoms with Gasteiger partial charge in [0.1, 0.15) is 0 Å². The molecule has 1 fully saturated rings. The predicted octanol–water partition coefficient (Wildman–Crippen LogP) is 2.53. The van der Waals surface area contributed by atoms with E-state index in [0.717, 1.165) is 40.7 Å². The summed E-state index contributed by atoms with van der Waals surface area (Å²) < 4.78 is 6.43. The Kier molecular flexibility index (Phi) is 3.97. The summed E-state index contributed by atoms with van der Waals surface area (Å²) in [6.07, 6.45) is 0. The largest absolute Gasteiger partial charge is 0.333 e. The quantitative estimate of drug-likeness (QED) is 0.928. The van der Waals surface area contributed by atoms with Crippen LogP contribution in [0.5, 0.6) is 0 Å². The Morgan fingerprint density at radius 1 is 1.42 bits per heavy atom. The van der Waals surface area contributed by atoms with Crippen molar-refractivity contribution in [2.45, 2.75) is 13.0 Å². The number of nitrogens with zero attached hydrogens (tertiary/aromatic N) is 3. The van der Waals surface area contributed by atoms with Crippen LogP contribution in [0.1, 0.15) is 18.8 Å². The van der Waals surface area contributed by atoms with Gasteiger partial charge >= 0.3 is 0 Å². The van der Waals surface area contributed by atoms with Crippen LogP contribution in [0.4, 0.5) is 0 Å². The Morgan fingerprint density at radius 2 is 2.21 bits per heavy atom. The van der Waals surface area contributed by atoms with Crippen molar-refractivity contribution < 1.29 is 4.52 Å². The molecule has 0 saturated carbocycles. The van der Waals surface area contributed by atoms with E-state index in [4.69, 9.17) is 4.52 Å². The van der Waals surface area contributed by atoms with Crippen LogP contribution in [0.25, 0.3) is 10.8 Å². The van der Waals surface area contributed by atoms with E-state index in [1.54, 1.807) is 11.3 Å². The first kappa shape index (κ1) is 13.2. The smallest absolute Gasteiger partial charge is 0.268 e. The molecule has 1 saturated heterocycles. The van der Waals surface area contributed by atoms with Crippen molar-refractivity contribution in [3.05, 3.63) is 21.7 Å². The number of hydrogen-bond acceptors (Lipinski definition) is 6. The standard InChI is InChI=1S/C12H15BrN4OS/c1-8(17-6-4-14-5-7-17)11-15-12(18-16-11)9-2-3-10(13)19-9/h2-3,8,14H,4-7H2,1H3. The van der Waals surface area contributed by atoms with Crippen LogP contribution in [0.15, 0.2) is 20.4 Å². The third kappa shape index (κ3) is 2.89. The maximum Gasteiger partial charge on any atom is 0.268 e. The van der Waals surface area contributed by atoms with Gasteiger partial charge in [-0.1, -0.05) is 5.16 Å². The van der Waals surface area contributed by atoms with Crippen LogP contribution in [-0.4, -0.2) is 41.2 Å². The second-order valence-electron chi connectivity index (χ2n) is 4.52. The minimum Gasteiger partial charge on any atom is -0.333 e. The van der Waals surface area contributed by atoms with Gasteiger partial charge in [-0.3, -0.25) is 4.90 Å². The molecule has 0 spiro atoms. The molecular formula is C12H15BrN4OS. The number of aromatic nitrogens is 2. The molecule has 0 radical (unpaired) electrons. The van der Waals surface area contributed by atoms with Gasteiger partial charge in [0.05, 0.1) is 14.7 Å². The second-order valence-corrected chi connectivity index (χ2v) is 6.99. The van der Waals surface area contributed by atoms with Gasteiger partial charge in [0, 0.05) is 26.2 Å². The van der Waals surface area contributed by atoms with Crippen molar-refractivity contribution in [1.82, 2.24) is 20.4 Å². The summed E-state index contributed by atoms with van der Waals surface area (Å²) >= 11 is 5.04. The lowest BCUT2D eigenvalue weighted by atomic mass is 10.2. The molecule has 0 amide bonds. The highest BCUT2D eigenvalue weighted by molar-refractivity contribution is 9.11. The molecule has 1 aliphatic heterocycles. The monoisotopic (exact) mass is 342 g/mol. The zero-order chi connectivity index (χ0) is 13.2. The van der Waals surface area contributed by atoms with Gasteiger partial charge in [-0.25, -0.2) is 0 Å². The zero-order valence-corrected chi connectivity index (χ0v) is 13.0. The third-order valence-electron chi connectivity index (χ3n) is 3.30. The molecule has 19 heavy (non-hydrogen) atoms. The molecule has 2 aromatic rings. The van der Waals surface area contributed by atoms with Crippen molar-refractivity contribution in [2.24, 2.45) is 0 Å². The summed E-state index contributed by atoms with van der Waals surface area (Å²) in [5.41, 5.74) is 0. The van der Waals surface area contributed by atoms with E-state index >= 15 is 0 Å². The van der Waals surface area contributed by atoms with Crippen molar-refractivity contribution >= 4 is 27.3 Å². The lowest BCUT2D eigenvalue weighted by Crippen LogP contribution is -2.44. The molecule has 2 aromatic heterocycles. The van der Waals surface area contributed by atoms with Crippen LogP contribution >= 0.6 is 27.3 Å². The Labute approximate surface area is 124 Å².